The number of nitrogens with one attached hydrogen (secondary N) is 1. The fraction of sp³-hybridized carbons (Fsp3) is 0.444. The molecule has 27 heavy (non-hydrogen) atoms. The molecule has 0 unspecified atom stereocenters. The molecule has 1 aliphatic heterocycles. The molecule has 0 spiro atoms. The monoisotopic (exact) mass is 370 g/mol. The molecule has 0 radical (unpaired) electrons. The average molecular weight is 370 g/mol. The van der Waals surface area contributed by atoms with Gasteiger partial charge < -0.3 is 9.64 Å². The third-order valence-corrected chi connectivity index (χ3v) is 5.02. The molecule has 4 heterocycles. The summed E-state index contributed by atoms with van der Waals surface area (Å²) < 4.78 is 8.57. The van der Waals surface area contributed by atoms with Crippen LogP contribution in [-0.4, -0.2) is 61.9 Å². The summed E-state index contributed by atoms with van der Waals surface area (Å²) in [6.45, 7) is 2.05. The summed E-state index contributed by atoms with van der Waals surface area (Å²) in [6.07, 6.45) is 4.91. The molecule has 0 saturated carbocycles. The van der Waals surface area contributed by atoms with Gasteiger partial charge in [-0.05, 0) is 31.0 Å². The van der Waals surface area contributed by atoms with Crippen LogP contribution in [0.4, 0.5) is 0 Å². The Morgan fingerprint density at radius 1 is 1.37 bits per heavy atom. The molecule has 1 saturated heterocycles. The zero-order chi connectivity index (χ0) is 18.8. The number of carbonyl (C=O) groups is 1. The van der Waals surface area contributed by atoms with Crippen LogP contribution in [0.25, 0.3) is 11.2 Å². The lowest BCUT2D eigenvalue weighted by atomic mass is 10.1. The first-order valence-corrected chi connectivity index (χ1v) is 9.04. The van der Waals surface area contributed by atoms with Crippen molar-refractivity contribution in [3.05, 3.63) is 46.8 Å². The van der Waals surface area contributed by atoms with E-state index in [-0.39, 0.29) is 17.6 Å². The molecule has 0 aliphatic carbocycles. The summed E-state index contributed by atoms with van der Waals surface area (Å²) in [4.78, 5) is 32.0. The lowest BCUT2D eigenvalue weighted by Gasteiger charge is -2.32. The van der Waals surface area contributed by atoms with Crippen molar-refractivity contribution in [2.75, 3.05) is 26.8 Å². The zero-order valence-electron chi connectivity index (χ0n) is 15.2. The maximum absolute atomic E-state index is 13.1. The summed E-state index contributed by atoms with van der Waals surface area (Å²) in [5, 5.41) is 6.57. The van der Waals surface area contributed by atoms with Gasteiger partial charge in [0.05, 0.1) is 24.7 Å². The van der Waals surface area contributed by atoms with Gasteiger partial charge in [-0.15, -0.1) is 0 Å². The highest BCUT2D eigenvalue weighted by atomic mass is 16.5. The van der Waals surface area contributed by atoms with E-state index < -0.39 is 0 Å². The first kappa shape index (κ1) is 17.5. The first-order valence-electron chi connectivity index (χ1n) is 9.04. The number of carbonyl (C=O) groups excluding carboxylic acids is 1. The van der Waals surface area contributed by atoms with Crippen LogP contribution < -0.4 is 5.69 Å². The summed E-state index contributed by atoms with van der Waals surface area (Å²) in [7, 11) is 1.61. The van der Waals surface area contributed by atoms with E-state index in [1.54, 1.807) is 39.6 Å². The van der Waals surface area contributed by atoms with Gasteiger partial charge in [-0.2, -0.15) is 5.10 Å². The third kappa shape index (κ3) is 3.14. The summed E-state index contributed by atoms with van der Waals surface area (Å²) >= 11 is 0. The number of aromatic nitrogens is 5. The van der Waals surface area contributed by atoms with Crippen LogP contribution in [0, 0.1) is 0 Å². The number of fused-ring (bicyclic) bond motifs is 1. The van der Waals surface area contributed by atoms with Crippen molar-refractivity contribution < 1.29 is 9.53 Å². The fourth-order valence-corrected chi connectivity index (χ4v) is 3.73. The van der Waals surface area contributed by atoms with Crippen molar-refractivity contribution in [2.45, 2.75) is 25.4 Å². The largest absolute Gasteiger partial charge is 0.383 e. The van der Waals surface area contributed by atoms with Gasteiger partial charge in [-0.3, -0.25) is 19.0 Å². The topological polar surface area (TPSA) is 98.0 Å². The van der Waals surface area contributed by atoms with Gasteiger partial charge in [-0.25, -0.2) is 9.78 Å². The molecule has 4 rings (SSSR count). The Morgan fingerprint density at radius 2 is 2.26 bits per heavy atom. The van der Waals surface area contributed by atoms with Crippen LogP contribution in [0.1, 0.15) is 29.4 Å². The van der Waals surface area contributed by atoms with E-state index in [4.69, 9.17) is 4.74 Å². The molecule has 142 valence electrons. The van der Waals surface area contributed by atoms with Gasteiger partial charge in [0.25, 0.3) is 5.91 Å². The number of nitrogens with zero attached hydrogens (tertiary/aromatic N) is 5. The predicted octanol–water partition coefficient (Wildman–Crippen LogP) is 1.04. The predicted molar refractivity (Wildman–Crippen MR) is 98.6 cm³/mol. The van der Waals surface area contributed by atoms with Crippen LogP contribution in [0.3, 0.4) is 0 Å². The van der Waals surface area contributed by atoms with Crippen molar-refractivity contribution in [1.82, 2.24) is 29.2 Å². The van der Waals surface area contributed by atoms with E-state index in [9.17, 15) is 9.59 Å². The highest BCUT2D eigenvalue weighted by molar-refractivity contribution is 5.92. The number of ether oxygens (including phenoxy) is 1. The number of H-pyrrole nitrogens is 1. The Kier molecular flexibility index (Phi) is 4.76. The Balaban J connectivity index is 1.68. The second-order valence-corrected chi connectivity index (χ2v) is 6.66. The number of hydrogen-bond donors (Lipinski definition) is 1. The zero-order valence-corrected chi connectivity index (χ0v) is 15.2. The Labute approximate surface area is 155 Å². The van der Waals surface area contributed by atoms with Crippen molar-refractivity contribution >= 4 is 17.1 Å². The minimum Gasteiger partial charge on any atom is -0.383 e. The second-order valence-electron chi connectivity index (χ2n) is 6.66. The van der Waals surface area contributed by atoms with E-state index >= 15 is 0 Å². The van der Waals surface area contributed by atoms with Gasteiger partial charge in [0.1, 0.15) is 5.69 Å². The van der Waals surface area contributed by atoms with Gasteiger partial charge >= 0.3 is 5.69 Å². The molecule has 3 aromatic rings. The minimum atomic E-state index is -0.112. The third-order valence-electron chi connectivity index (χ3n) is 5.02. The van der Waals surface area contributed by atoms with Crippen LogP contribution >= 0.6 is 0 Å². The molecule has 1 atom stereocenters. The lowest BCUT2D eigenvalue weighted by molar-refractivity contribution is 0.0673. The SMILES string of the molecule is COCCn1c(=O)n([C@H]2CCCN(C(=O)c3ccn[nH]3)C2)c2ncccc21. The standard InChI is InChI=1S/C18H22N6O3/c1-27-11-10-23-15-5-2-7-19-16(15)24(18(23)26)13-4-3-9-22(12-13)17(25)14-6-8-20-21-14/h2,5-8,13H,3-4,9-12H2,1H3,(H,20,21)/t13-/m0/s1. The number of aromatic amines is 1. The van der Waals surface area contributed by atoms with Crippen molar-refractivity contribution in [3.63, 3.8) is 0 Å². The highest BCUT2D eigenvalue weighted by Gasteiger charge is 2.29. The van der Waals surface area contributed by atoms with Gasteiger partial charge in [0.2, 0.25) is 0 Å². The first-order chi connectivity index (χ1) is 13.2. The Morgan fingerprint density at radius 3 is 3.04 bits per heavy atom. The maximum atomic E-state index is 13.1. The van der Waals surface area contributed by atoms with E-state index in [0.717, 1.165) is 18.4 Å². The summed E-state index contributed by atoms with van der Waals surface area (Å²) in [5.41, 5.74) is 1.79. The number of pyridine rings is 1. The molecule has 3 aromatic heterocycles. The van der Waals surface area contributed by atoms with Gasteiger partial charge in [0, 0.05) is 32.6 Å². The second kappa shape index (κ2) is 7.36. The number of hydrogen-bond acceptors (Lipinski definition) is 5. The normalized spacial score (nSPS) is 17.5. The smallest absolute Gasteiger partial charge is 0.330 e. The van der Waals surface area contributed by atoms with E-state index in [1.807, 2.05) is 12.1 Å². The van der Waals surface area contributed by atoms with Gasteiger partial charge in [0.15, 0.2) is 5.65 Å². The molecule has 1 aliphatic rings. The molecule has 1 fully saturated rings. The maximum Gasteiger partial charge on any atom is 0.330 e. The summed E-state index contributed by atoms with van der Waals surface area (Å²) in [5.74, 6) is -0.0960. The molecule has 9 heteroatoms. The summed E-state index contributed by atoms with van der Waals surface area (Å²) in [6, 6.07) is 5.27. The number of piperidine rings is 1. The number of amides is 1. The fourth-order valence-electron chi connectivity index (χ4n) is 3.73. The van der Waals surface area contributed by atoms with E-state index in [2.05, 4.69) is 15.2 Å². The van der Waals surface area contributed by atoms with Gasteiger partial charge in [-0.1, -0.05) is 0 Å². The quantitative estimate of drug-likeness (QED) is 0.724. The molecule has 1 N–H and O–H groups in total. The number of methoxy groups -OCH3 is 1. The number of rotatable bonds is 5. The highest BCUT2D eigenvalue weighted by Crippen LogP contribution is 2.24. The Bertz CT molecular complexity index is 990. The number of likely N-dealkylation sites (tertiary alicyclic amines) is 1. The van der Waals surface area contributed by atoms with Crippen molar-refractivity contribution in [2.24, 2.45) is 0 Å². The van der Waals surface area contributed by atoms with Crippen LogP contribution in [-0.2, 0) is 11.3 Å². The minimum absolute atomic E-state index is 0.0960. The van der Waals surface area contributed by atoms with Crippen molar-refractivity contribution in [3.8, 4) is 0 Å². The molecular weight excluding hydrogens is 348 g/mol. The Hall–Kier alpha value is -2.94. The molecule has 0 aromatic carbocycles. The van der Waals surface area contributed by atoms with Crippen LogP contribution in [0.5, 0.6) is 0 Å². The van der Waals surface area contributed by atoms with E-state index in [0.29, 0.717) is 37.6 Å². The molecule has 0 bridgehead atoms. The van der Waals surface area contributed by atoms with Crippen LogP contribution in [0.15, 0.2) is 35.4 Å². The van der Waals surface area contributed by atoms with Crippen LogP contribution in [0.2, 0.25) is 0 Å². The number of imidazole rings is 1. The van der Waals surface area contributed by atoms with Crippen molar-refractivity contribution in [1.29, 1.82) is 0 Å². The average Bonchev–Trinajstić information content (AvgIpc) is 3.32. The van der Waals surface area contributed by atoms with E-state index in [1.165, 1.54) is 0 Å². The molecular formula is C18H22N6O3. The molecule has 1 amide bonds. The lowest BCUT2D eigenvalue weighted by Crippen LogP contribution is -2.43. The molecule has 9 nitrogen and oxygen atoms in total.